The number of alkyl halides is 1. The summed E-state index contributed by atoms with van der Waals surface area (Å²) in [6.07, 6.45) is 0.892. The average molecular weight is 219 g/mol. The van der Waals surface area contributed by atoms with Crippen LogP contribution in [0.25, 0.3) is 0 Å². The second kappa shape index (κ2) is 3.76. The van der Waals surface area contributed by atoms with Crippen molar-refractivity contribution >= 4 is 22.9 Å². The van der Waals surface area contributed by atoms with E-state index in [2.05, 4.69) is 0 Å². The first-order valence-electron chi connectivity index (χ1n) is 4.31. The minimum atomic E-state index is -0.00577. The lowest BCUT2D eigenvalue weighted by Gasteiger charge is -2.27. The van der Waals surface area contributed by atoms with Crippen LogP contribution in [0.1, 0.15) is 13.3 Å². The summed E-state index contributed by atoms with van der Waals surface area (Å²) < 4.78 is 11.2. The molecular formula is C9H11ClO2S. The van der Waals surface area contributed by atoms with Crippen LogP contribution in [0.3, 0.4) is 0 Å². The first-order chi connectivity index (χ1) is 6.31. The molecule has 2 unspecified atom stereocenters. The zero-order chi connectivity index (χ0) is 9.26. The molecule has 1 aliphatic heterocycles. The van der Waals surface area contributed by atoms with Gasteiger partial charge in [-0.1, -0.05) is 6.92 Å². The highest BCUT2D eigenvalue weighted by Crippen LogP contribution is 2.36. The van der Waals surface area contributed by atoms with Crippen molar-refractivity contribution in [3.05, 3.63) is 10.8 Å². The molecule has 2 rings (SSSR count). The van der Waals surface area contributed by atoms with Crippen LogP contribution < -0.4 is 9.47 Å². The molecule has 1 aromatic rings. The predicted octanol–water partition coefficient (Wildman–Crippen LogP) is 2.91. The molecule has 2 heterocycles. The number of hydrogen-bond donors (Lipinski definition) is 0. The number of hydrogen-bond acceptors (Lipinski definition) is 3. The van der Waals surface area contributed by atoms with Crippen LogP contribution in [0.4, 0.5) is 0 Å². The average Bonchev–Trinajstić information content (AvgIpc) is 2.63. The van der Waals surface area contributed by atoms with Gasteiger partial charge in [0.25, 0.3) is 0 Å². The van der Waals surface area contributed by atoms with E-state index in [1.54, 1.807) is 11.3 Å². The second-order valence-electron chi connectivity index (χ2n) is 2.99. The highest BCUT2D eigenvalue weighted by atomic mass is 35.5. The molecule has 0 N–H and O–H groups in total. The van der Waals surface area contributed by atoms with Gasteiger partial charge in [-0.15, -0.1) is 22.9 Å². The van der Waals surface area contributed by atoms with Crippen LogP contribution in [0.5, 0.6) is 11.5 Å². The predicted molar refractivity (Wildman–Crippen MR) is 54.2 cm³/mol. The molecule has 0 aliphatic carbocycles. The molecule has 13 heavy (non-hydrogen) atoms. The summed E-state index contributed by atoms with van der Waals surface area (Å²) >= 11 is 7.66. The van der Waals surface area contributed by atoms with Crippen molar-refractivity contribution in [3.8, 4) is 11.5 Å². The molecule has 0 spiro atoms. The van der Waals surface area contributed by atoms with Crippen LogP contribution >= 0.6 is 22.9 Å². The lowest BCUT2D eigenvalue weighted by molar-refractivity contribution is 0.0884. The van der Waals surface area contributed by atoms with Crippen molar-refractivity contribution in [1.29, 1.82) is 0 Å². The maximum atomic E-state index is 6.08. The largest absolute Gasteiger partial charge is 0.485 e. The van der Waals surface area contributed by atoms with E-state index in [-0.39, 0.29) is 11.5 Å². The summed E-state index contributed by atoms with van der Waals surface area (Å²) in [6, 6.07) is 0. The van der Waals surface area contributed by atoms with Crippen molar-refractivity contribution in [2.45, 2.75) is 24.8 Å². The minimum Gasteiger partial charge on any atom is -0.485 e. The Morgan fingerprint density at radius 2 is 2.38 bits per heavy atom. The molecule has 4 heteroatoms. The normalized spacial score (nSPS) is 22.8. The zero-order valence-electron chi connectivity index (χ0n) is 7.33. The van der Waals surface area contributed by atoms with Crippen molar-refractivity contribution in [1.82, 2.24) is 0 Å². The fraction of sp³-hybridized carbons (Fsp3) is 0.556. The molecule has 0 bridgehead atoms. The monoisotopic (exact) mass is 218 g/mol. The summed E-state index contributed by atoms with van der Waals surface area (Å²) in [5.74, 6) is 1.68. The van der Waals surface area contributed by atoms with E-state index in [4.69, 9.17) is 21.1 Å². The van der Waals surface area contributed by atoms with E-state index >= 15 is 0 Å². The molecule has 72 valence electrons. The van der Waals surface area contributed by atoms with Gasteiger partial charge < -0.3 is 9.47 Å². The molecular weight excluding hydrogens is 208 g/mol. The Morgan fingerprint density at radius 3 is 3.15 bits per heavy atom. The third-order valence-corrected chi connectivity index (χ3v) is 3.36. The summed E-state index contributed by atoms with van der Waals surface area (Å²) in [5.41, 5.74) is 0. The maximum absolute atomic E-state index is 6.08. The number of fused-ring (bicyclic) bond motifs is 1. The van der Waals surface area contributed by atoms with Crippen LogP contribution in [0, 0.1) is 0 Å². The Hall–Kier alpha value is -0.410. The van der Waals surface area contributed by atoms with E-state index in [0.29, 0.717) is 6.61 Å². The highest BCUT2D eigenvalue weighted by molar-refractivity contribution is 7.08. The maximum Gasteiger partial charge on any atom is 0.172 e. The van der Waals surface area contributed by atoms with Gasteiger partial charge in [0.1, 0.15) is 12.7 Å². The fourth-order valence-corrected chi connectivity index (χ4v) is 2.07. The summed E-state index contributed by atoms with van der Waals surface area (Å²) in [5, 5.41) is 3.93. The summed E-state index contributed by atoms with van der Waals surface area (Å²) in [4.78, 5) is 0. The molecule has 0 saturated carbocycles. The molecule has 0 amide bonds. The second-order valence-corrected chi connectivity index (χ2v) is 4.30. The van der Waals surface area contributed by atoms with Gasteiger partial charge in [0, 0.05) is 10.8 Å². The van der Waals surface area contributed by atoms with Gasteiger partial charge in [-0.05, 0) is 6.42 Å². The van der Waals surface area contributed by atoms with E-state index in [1.807, 2.05) is 17.7 Å². The molecule has 0 radical (unpaired) electrons. The van der Waals surface area contributed by atoms with Gasteiger partial charge >= 0.3 is 0 Å². The first kappa shape index (κ1) is 9.16. The summed E-state index contributed by atoms with van der Waals surface area (Å²) in [7, 11) is 0. The Balaban J connectivity index is 2.08. The number of rotatable bonds is 2. The highest BCUT2D eigenvalue weighted by Gasteiger charge is 2.26. The molecule has 0 aromatic carbocycles. The van der Waals surface area contributed by atoms with Gasteiger partial charge in [0.05, 0.1) is 5.38 Å². The Bertz CT molecular complexity index is 287. The fourth-order valence-electron chi connectivity index (χ4n) is 1.27. The van der Waals surface area contributed by atoms with E-state index < -0.39 is 0 Å². The van der Waals surface area contributed by atoms with Gasteiger partial charge in [-0.25, -0.2) is 0 Å². The smallest absolute Gasteiger partial charge is 0.172 e. The van der Waals surface area contributed by atoms with Gasteiger partial charge in [0.15, 0.2) is 11.5 Å². The zero-order valence-corrected chi connectivity index (χ0v) is 8.90. The lowest BCUT2D eigenvalue weighted by atomic mass is 10.2. The van der Waals surface area contributed by atoms with Gasteiger partial charge in [-0.2, -0.15) is 0 Å². The van der Waals surface area contributed by atoms with Gasteiger partial charge in [-0.3, -0.25) is 0 Å². The summed E-state index contributed by atoms with van der Waals surface area (Å²) in [6.45, 7) is 2.61. The van der Waals surface area contributed by atoms with Crippen molar-refractivity contribution in [2.24, 2.45) is 0 Å². The third-order valence-electron chi connectivity index (χ3n) is 2.07. The van der Waals surface area contributed by atoms with Crippen LogP contribution in [0.15, 0.2) is 10.8 Å². The number of thiophene rings is 1. The van der Waals surface area contributed by atoms with Crippen LogP contribution in [-0.2, 0) is 0 Å². The van der Waals surface area contributed by atoms with E-state index in [0.717, 1.165) is 17.9 Å². The lowest BCUT2D eigenvalue weighted by Crippen LogP contribution is -2.36. The molecule has 2 atom stereocenters. The standard InChI is InChI=1S/C9H11ClO2S/c1-2-6(10)7-3-11-8-4-13-5-9(8)12-7/h4-7H,2-3H2,1H3. The quantitative estimate of drug-likeness (QED) is 0.711. The number of ether oxygens (including phenoxy) is 2. The molecule has 0 saturated heterocycles. The van der Waals surface area contributed by atoms with E-state index in [1.165, 1.54) is 0 Å². The van der Waals surface area contributed by atoms with Crippen molar-refractivity contribution in [3.63, 3.8) is 0 Å². The van der Waals surface area contributed by atoms with Crippen LogP contribution in [0.2, 0.25) is 0 Å². The Kier molecular flexibility index (Phi) is 2.65. The van der Waals surface area contributed by atoms with Gasteiger partial charge in [0.2, 0.25) is 0 Å². The van der Waals surface area contributed by atoms with Crippen molar-refractivity contribution in [2.75, 3.05) is 6.61 Å². The van der Waals surface area contributed by atoms with Crippen molar-refractivity contribution < 1.29 is 9.47 Å². The minimum absolute atomic E-state index is 0.00577. The molecule has 2 nitrogen and oxygen atoms in total. The Morgan fingerprint density at radius 1 is 1.62 bits per heavy atom. The topological polar surface area (TPSA) is 18.5 Å². The first-order valence-corrected chi connectivity index (χ1v) is 5.69. The molecule has 1 aliphatic rings. The molecule has 1 aromatic heterocycles. The van der Waals surface area contributed by atoms with E-state index in [9.17, 15) is 0 Å². The molecule has 0 fully saturated rings. The third kappa shape index (κ3) is 1.76. The number of halogens is 1. The Labute approximate surface area is 86.4 Å². The van der Waals surface area contributed by atoms with Crippen LogP contribution in [-0.4, -0.2) is 18.1 Å². The SMILES string of the molecule is CCC(Cl)C1COc2cscc2O1.